The number of halogens is 1. The fourth-order valence-electron chi connectivity index (χ4n) is 3.02. The molecular weight excluding hydrogens is 363 g/mol. The quantitative estimate of drug-likeness (QED) is 0.413. The van der Waals surface area contributed by atoms with Crippen LogP contribution in [0.3, 0.4) is 0 Å². The largest absolute Gasteiger partial charge is 0.370 e. The molecule has 1 aliphatic heterocycles. The molecule has 0 unspecified atom stereocenters. The van der Waals surface area contributed by atoms with Gasteiger partial charge in [0.05, 0.1) is 0 Å². The lowest BCUT2D eigenvalue weighted by Gasteiger charge is -2.26. The van der Waals surface area contributed by atoms with Crippen molar-refractivity contribution in [3.63, 3.8) is 0 Å². The second-order valence-corrected chi connectivity index (χ2v) is 6.59. The summed E-state index contributed by atoms with van der Waals surface area (Å²) in [6.45, 7) is 8.88. The minimum absolute atomic E-state index is 0. The lowest BCUT2D eigenvalue weighted by Crippen LogP contribution is -2.44. The molecule has 3 N–H and O–H groups in total. The van der Waals surface area contributed by atoms with E-state index < -0.39 is 0 Å². The van der Waals surface area contributed by atoms with Crippen LogP contribution in [0.25, 0.3) is 0 Å². The van der Waals surface area contributed by atoms with Gasteiger partial charge in [-0.3, -0.25) is 9.89 Å². The second-order valence-electron chi connectivity index (χ2n) is 6.59. The maximum absolute atomic E-state index is 5.95. The Morgan fingerprint density at radius 3 is 2.65 bits per heavy atom. The molecule has 1 heterocycles. The summed E-state index contributed by atoms with van der Waals surface area (Å²) in [6.07, 6.45) is 6.65. The minimum atomic E-state index is 0. The molecule has 2 fully saturated rings. The molecule has 1 atom stereocenters. The van der Waals surface area contributed by atoms with Gasteiger partial charge < -0.3 is 11.1 Å². The first-order valence-corrected chi connectivity index (χ1v) is 7.93. The Morgan fingerprint density at radius 1 is 1.30 bits per heavy atom. The van der Waals surface area contributed by atoms with E-state index in [-0.39, 0.29) is 24.0 Å². The summed E-state index contributed by atoms with van der Waals surface area (Å²) in [5, 5.41) is 3.32. The highest BCUT2D eigenvalue weighted by atomic mass is 127. The fraction of sp³-hybridized carbons (Fsp3) is 0.933. The van der Waals surface area contributed by atoms with Crippen LogP contribution in [0.5, 0.6) is 0 Å². The first kappa shape index (κ1) is 18.0. The van der Waals surface area contributed by atoms with Crippen molar-refractivity contribution in [2.24, 2.45) is 22.6 Å². The SMILES string of the molecule is CC(C)CN1CCC[C@@H]1CNC(N)=NCC1CCC1.I. The zero-order valence-electron chi connectivity index (χ0n) is 13.0. The lowest BCUT2D eigenvalue weighted by atomic mass is 9.86. The molecule has 1 saturated heterocycles. The zero-order chi connectivity index (χ0) is 13.7. The maximum Gasteiger partial charge on any atom is 0.188 e. The number of guanidine groups is 1. The van der Waals surface area contributed by atoms with E-state index in [4.69, 9.17) is 5.73 Å². The summed E-state index contributed by atoms with van der Waals surface area (Å²) in [7, 11) is 0. The molecule has 5 heteroatoms. The number of rotatable bonds is 6. The summed E-state index contributed by atoms with van der Waals surface area (Å²) in [5.41, 5.74) is 5.95. The van der Waals surface area contributed by atoms with Crippen LogP contribution in [0, 0.1) is 11.8 Å². The second kappa shape index (κ2) is 9.07. The van der Waals surface area contributed by atoms with Crippen molar-refractivity contribution in [3.05, 3.63) is 0 Å². The molecule has 0 spiro atoms. The van der Waals surface area contributed by atoms with Crippen LogP contribution >= 0.6 is 24.0 Å². The van der Waals surface area contributed by atoms with Crippen molar-refractivity contribution >= 4 is 29.9 Å². The van der Waals surface area contributed by atoms with Gasteiger partial charge in [0, 0.05) is 25.7 Å². The molecule has 0 aromatic carbocycles. The molecule has 20 heavy (non-hydrogen) atoms. The van der Waals surface area contributed by atoms with E-state index in [0.29, 0.717) is 12.0 Å². The van der Waals surface area contributed by atoms with Crippen LogP contribution in [0.1, 0.15) is 46.0 Å². The van der Waals surface area contributed by atoms with Gasteiger partial charge in [-0.15, -0.1) is 24.0 Å². The Labute approximate surface area is 141 Å². The normalized spacial score (nSPS) is 24.6. The van der Waals surface area contributed by atoms with Gasteiger partial charge in [0.25, 0.3) is 0 Å². The van der Waals surface area contributed by atoms with Crippen LogP contribution in [0.4, 0.5) is 0 Å². The molecule has 0 amide bonds. The van der Waals surface area contributed by atoms with Crippen LogP contribution in [0.15, 0.2) is 4.99 Å². The van der Waals surface area contributed by atoms with Gasteiger partial charge in [-0.05, 0) is 44.1 Å². The molecule has 0 bridgehead atoms. The van der Waals surface area contributed by atoms with Crippen LogP contribution in [-0.4, -0.2) is 43.1 Å². The zero-order valence-corrected chi connectivity index (χ0v) is 15.3. The molecule has 118 valence electrons. The van der Waals surface area contributed by atoms with Gasteiger partial charge in [-0.1, -0.05) is 20.3 Å². The maximum atomic E-state index is 5.95. The van der Waals surface area contributed by atoms with Crippen LogP contribution in [0.2, 0.25) is 0 Å². The highest BCUT2D eigenvalue weighted by molar-refractivity contribution is 14.0. The van der Waals surface area contributed by atoms with E-state index in [2.05, 4.69) is 29.1 Å². The van der Waals surface area contributed by atoms with Crippen molar-refractivity contribution < 1.29 is 0 Å². The molecule has 0 radical (unpaired) electrons. The van der Waals surface area contributed by atoms with E-state index in [9.17, 15) is 0 Å². The first-order chi connectivity index (χ1) is 9.15. The molecule has 1 saturated carbocycles. The highest BCUT2D eigenvalue weighted by Gasteiger charge is 2.24. The van der Waals surface area contributed by atoms with Crippen molar-refractivity contribution in [1.82, 2.24) is 10.2 Å². The van der Waals surface area contributed by atoms with Crippen molar-refractivity contribution in [3.8, 4) is 0 Å². The standard InChI is InChI=1S/C15H30N4.HI/c1-12(2)11-19-8-4-7-14(19)10-18-15(16)17-9-13-5-3-6-13;/h12-14H,3-11H2,1-2H3,(H3,16,17,18);1H/t14-;/m1./s1. The van der Waals surface area contributed by atoms with E-state index in [1.54, 1.807) is 0 Å². The molecule has 2 aliphatic rings. The smallest absolute Gasteiger partial charge is 0.188 e. The first-order valence-electron chi connectivity index (χ1n) is 7.93. The Hall–Kier alpha value is -0.0400. The van der Waals surface area contributed by atoms with Crippen LogP contribution in [-0.2, 0) is 0 Å². The number of nitrogens with zero attached hydrogens (tertiary/aromatic N) is 2. The van der Waals surface area contributed by atoms with Crippen molar-refractivity contribution in [2.75, 3.05) is 26.2 Å². The summed E-state index contributed by atoms with van der Waals surface area (Å²) >= 11 is 0. The predicted molar refractivity (Wildman–Crippen MR) is 96.7 cm³/mol. The third-order valence-corrected chi connectivity index (χ3v) is 4.36. The van der Waals surface area contributed by atoms with Gasteiger partial charge in [0.15, 0.2) is 5.96 Å². The summed E-state index contributed by atoms with van der Waals surface area (Å²) < 4.78 is 0. The summed E-state index contributed by atoms with van der Waals surface area (Å²) in [6, 6.07) is 0.639. The lowest BCUT2D eigenvalue weighted by molar-refractivity contribution is 0.227. The Balaban J connectivity index is 0.00000200. The Kier molecular flexibility index (Phi) is 8.17. The third-order valence-electron chi connectivity index (χ3n) is 4.36. The minimum Gasteiger partial charge on any atom is -0.370 e. The number of aliphatic imine (C=N–C) groups is 1. The topological polar surface area (TPSA) is 53.6 Å². The summed E-state index contributed by atoms with van der Waals surface area (Å²) in [4.78, 5) is 7.05. The Bertz CT molecular complexity index is 302. The number of nitrogens with one attached hydrogen (secondary N) is 1. The third kappa shape index (κ3) is 5.76. The predicted octanol–water partition coefficient (Wildman–Crippen LogP) is 2.43. The molecule has 0 aromatic heterocycles. The fourth-order valence-corrected chi connectivity index (χ4v) is 3.02. The van der Waals surface area contributed by atoms with Gasteiger partial charge in [0.1, 0.15) is 0 Å². The number of nitrogens with two attached hydrogens (primary N) is 1. The number of likely N-dealkylation sites (tertiary alicyclic amines) is 1. The van der Waals surface area contributed by atoms with Crippen molar-refractivity contribution in [1.29, 1.82) is 0 Å². The average molecular weight is 394 g/mol. The van der Waals surface area contributed by atoms with E-state index in [0.717, 1.165) is 24.9 Å². The van der Waals surface area contributed by atoms with E-state index in [1.165, 1.54) is 45.2 Å². The van der Waals surface area contributed by atoms with Gasteiger partial charge >= 0.3 is 0 Å². The molecular formula is C15H31IN4. The molecule has 2 rings (SSSR count). The summed E-state index contributed by atoms with van der Waals surface area (Å²) in [5.74, 6) is 2.18. The van der Waals surface area contributed by atoms with Gasteiger partial charge in [-0.25, -0.2) is 0 Å². The van der Waals surface area contributed by atoms with Gasteiger partial charge in [-0.2, -0.15) is 0 Å². The monoisotopic (exact) mass is 394 g/mol. The number of hydrogen-bond donors (Lipinski definition) is 2. The molecule has 1 aliphatic carbocycles. The Morgan fingerprint density at radius 2 is 2.05 bits per heavy atom. The number of hydrogen-bond acceptors (Lipinski definition) is 2. The highest BCUT2D eigenvalue weighted by Crippen LogP contribution is 2.26. The molecule has 4 nitrogen and oxygen atoms in total. The van der Waals surface area contributed by atoms with Crippen LogP contribution < -0.4 is 11.1 Å². The van der Waals surface area contributed by atoms with Crippen molar-refractivity contribution in [2.45, 2.75) is 52.0 Å². The molecule has 0 aromatic rings. The van der Waals surface area contributed by atoms with E-state index in [1.807, 2.05) is 0 Å². The van der Waals surface area contributed by atoms with E-state index >= 15 is 0 Å². The average Bonchev–Trinajstić information content (AvgIpc) is 2.71. The van der Waals surface area contributed by atoms with Gasteiger partial charge in [0.2, 0.25) is 0 Å².